The first-order valence-electron chi connectivity index (χ1n) is 12.5. The smallest absolute Gasteiger partial charge is 0.254 e. The molecule has 3 aromatic carbocycles. The third-order valence-electron chi connectivity index (χ3n) is 6.52. The van der Waals surface area contributed by atoms with Gasteiger partial charge in [0.15, 0.2) is 0 Å². The highest BCUT2D eigenvalue weighted by molar-refractivity contribution is 6.30. The summed E-state index contributed by atoms with van der Waals surface area (Å²) in [4.78, 5) is 15.5. The highest BCUT2D eigenvalue weighted by Crippen LogP contribution is 2.32. The Morgan fingerprint density at radius 2 is 1.86 bits per heavy atom. The summed E-state index contributed by atoms with van der Waals surface area (Å²) in [6.45, 7) is 5.53. The van der Waals surface area contributed by atoms with Gasteiger partial charge in [0, 0.05) is 23.7 Å². The van der Waals surface area contributed by atoms with Crippen molar-refractivity contribution in [3.8, 4) is 17.3 Å². The summed E-state index contributed by atoms with van der Waals surface area (Å²) < 4.78 is 14.2. The van der Waals surface area contributed by atoms with Crippen LogP contribution in [0.4, 0.5) is 0 Å². The Labute approximate surface area is 222 Å². The maximum Gasteiger partial charge on any atom is 0.254 e. The molecule has 1 fully saturated rings. The fourth-order valence-electron chi connectivity index (χ4n) is 4.58. The molecule has 1 atom stereocenters. The summed E-state index contributed by atoms with van der Waals surface area (Å²) in [5, 5.41) is 5.43. The number of aryl methyl sites for hydroxylation is 2. The normalized spacial score (nSPS) is 15.1. The second-order valence-corrected chi connectivity index (χ2v) is 9.80. The molecule has 7 heteroatoms. The van der Waals surface area contributed by atoms with Crippen LogP contribution in [0, 0.1) is 13.8 Å². The summed E-state index contributed by atoms with van der Waals surface area (Å²) >= 11 is 6.08. The number of rotatable bonds is 8. The molecule has 0 bridgehead atoms. The minimum absolute atomic E-state index is 0.00173. The van der Waals surface area contributed by atoms with Gasteiger partial charge in [-0.2, -0.15) is 5.10 Å². The summed E-state index contributed by atoms with van der Waals surface area (Å²) in [7, 11) is 0. The zero-order valence-electron chi connectivity index (χ0n) is 21.1. The number of carbonyl (C=O) groups excluding carboxylic acids is 1. The van der Waals surface area contributed by atoms with E-state index in [0.717, 1.165) is 42.0 Å². The van der Waals surface area contributed by atoms with Gasteiger partial charge in [-0.25, -0.2) is 4.68 Å². The third kappa shape index (κ3) is 5.87. The Bertz CT molecular complexity index is 1360. The molecular weight excluding hydrogens is 486 g/mol. The predicted octanol–water partition coefficient (Wildman–Crippen LogP) is 6.76. The van der Waals surface area contributed by atoms with Crippen LogP contribution in [0.25, 0.3) is 5.69 Å². The lowest BCUT2D eigenvalue weighted by molar-refractivity contribution is 0.0505. The van der Waals surface area contributed by atoms with E-state index < -0.39 is 0 Å². The SMILES string of the molecule is Cc1cccc(Oc2c(CN(C[C@H]3CCCO3)C(=O)c3ccc(Cl)cc3)c(C)nn2-c2ccccc2)c1. The van der Waals surface area contributed by atoms with Gasteiger partial charge in [0.25, 0.3) is 5.91 Å². The van der Waals surface area contributed by atoms with Gasteiger partial charge in [0.2, 0.25) is 5.88 Å². The van der Waals surface area contributed by atoms with Gasteiger partial charge >= 0.3 is 0 Å². The lowest BCUT2D eigenvalue weighted by atomic mass is 10.1. The van der Waals surface area contributed by atoms with E-state index in [0.29, 0.717) is 35.3 Å². The molecule has 4 aromatic rings. The number of benzene rings is 3. The first kappa shape index (κ1) is 25.1. The first-order chi connectivity index (χ1) is 18.0. The predicted molar refractivity (Wildman–Crippen MR) is 145 cm³/mol. The van der Waals surface area contributed by atoms with Crippen LogP contribution in [0.15, 0.2) is 78.9 Å². The van der Waals surface area contributed by atoms with Gasteiger partial charge in [0.05, 0.1) is 29.6 Å². The van der Waals surface area contributed by atoms with E-state index >= 15 is 0 Å². The molecule has 1 aliphatic heterocycles. The summed E-state index contributed by atoms with van der Waals surface area (Å²) in [6, 6.07) is 24.8. The molecule has 1 amide bonds. The molecular formula is C30H30ClN3O3. The minimum atomic E-state index is -0.0828. The van der Waals surface area contributed by atoms with Gasteiger partial charge in [0.1, 0.15) is 5.75 Å². The van der Waals surface area contributed by atoms with Gasteiger partial charge in [-0.3, -0.25) is 4.79 Å². The maximum absolute atomic E-state index is 13.7. The molecule has 2 heterocycles. The number of nitrogens with zero attached hydrogens (tertiary/aromatic N) is 3. The summed E-state index contributed by atoms with van der Waals surface area (Å²) in [6.07, 6.45) is 1.93. The molecule has 190 valence electrons. The van der Waals surface area contributed by atoms with Crippen LogP contribution in [-0.4, -0.2) is 39.8 Å². The van der Waals surface area contributed by atoms with E-state index in [1.165, 1.54) is 0 Å². The van der Waals surface area contributed by atoms with Crippen LogP contribution in [0.2, 0.25) is 5.02 Å². The number of para-hydroxylation sites is 1. The van der Waals surface area contributed by atoms with E-state index in [1.54, 1.807) is 24.3 Å². The second-order valence-electron chi connectivity index (χ2n) is 9.36. The standard InChI is InChI=1S/C30H30ClN3O3/c1-21-8-6-11-26(18-21)37-30-28(22(2)32-34(30)25-9-4-3-5-10-25)20-33(19-27-12-7-17-36-27)29(35)23-13-15-24(31)16-14-23/h3-6,8-11,13-16,18,27H,7,12,17,19-20H2,1-2H3/t27-/m1/s1. The molecule has 0 aliphatic carbocycles. The number of carbonyl (C=O) groups is 1. The Morgan fingerprint density at radius 3 is 2.57 bits per heavy atom. The van der Waals surface area contributed by atoms with E-state index in [4.69, 9.17) is 26.2 Å². The third-order valence-corrected chi connectivity index (χ3v) is 6.77. The van der Waals surface area contributed by atoms with E-state index in [-0.39, 0.29) is 12.0 Å². The number of hydrogen-bond acceptors (Lipinski definition) is 4. The molecule has 0 unspecified atom stereocenters. The highest BCUT2D eigenvalue weighted by Gasteiger charge is 2.28. The van der Waals surface area contributed by atoms with Gasteiger partial charge < -0.3 is 14.4 Å². The minimum Gasteiger partial charge on any atom is -0.439 e. The Hall–Kier alpha value is -3.61. The molecule has 1 aromatic heterocycles. The summed E-state index contributed by atoms with van der Waals surface area (Å²) in [5.74, 6) is 1.23. The number of halogens is 1. The van der Waals surface area contributed by atoms with Crippen molar-refractivity contribution < 1.29 is 14.3 Å². The molecule has 6 nitrogen and oxygen atoms in total. The van der Waals surface area contributed by atoms with E-state index in [1.807, 2.05) is 78.0 Å². The number of amides is 1. The Kier molecular flexibility index (Phi) is 7.58. The van der Waals surface area contributed by atoms with Crippen LogP contribution >= 0.6 is 11.6 Å². The molecule has 5 rings (SSSR count). The van der Waals surface area contributed by atoms with Crippen molar-refractivity contribution >= 4 is 17.5 Å². The lowest BCUT2D eigenvalue weighted by Crippen LogP contribution is -2.37. The summed E-state index contributed by atoms with van der Waals surface area (Å²) in [5.41, 5.74) is 4.21. The largest absolute Gasteiger partial charge is 0.439 e. The number of hydrogen-bond donors (Lipinski definition) is 0. The van der Waals surface area contributed by atoms with Crippen LogP contribution in [0.3, 0.4) is 0 Å². The average Bonchev–Trinajstić information content (AvgIpc) is 3.52. The maximum atomic E-state index is 13.7. The molecule has 0 N–H and O–H groups in total. The molecule has 37 heavy (non-hydrogen) atoms. The van der Waals surface area contributed by atoms with Crippen molar-refractivity contribution in [2.75, 3.05) is 13.2 Å². The monoisotopic (exact) mass is 515 g/mol. The fourth-order valence-corrected chi connectivity index (χ4v) is 4.71. The number of aromatic nitrogens is 2. The van der Waals surface area contributed by atoms with Gasteiger partial charge in [-0.15, -0.1) is 0 Å². The van der Waals surface area contributed by atoms with Crippen molar-refractivity contribution in [3.63, 3.8) is 0 Å². The highest BCUT2D eigenvalue weighted by atomic mass is 35.5. The molecule has 0 spiro atoms. The van der Waals surface area contributed by atoms with E-state index in [2.05, 4.69) is 0 Å². The molecule has 0 radical (unpaired) electrons. The fraction of sp³-hybridized carbons (Fsp3) is 0.267. The number of ether oxygens (including phenoxy) is 2. The van der Waals surface area contributed by atoms with Crippen molar-refractivity contribution in [3.05, 3.63) is 106 Å². The van der Waals surface area contributed by atoms with Crippen molar-refractivity contribution in [1.82, 2.24) is 14.7 Å². The van der Waals surface area contributed by atoms with Crippen LogP contribution in [0.1, 0.15) is 40.0 Å². The second kappa shape index (κ2) is 11.2. The molecule has 0 saturated carbocycles. The quantitative estimate of drug-likeness (QED) is 0.260. The Balaban J connectivity index is 1.54. The van der Waals surface area contributed by atoms with Crippen LogP contribution < -0.4 is 4.74 Å². The molecule has 1 aliphatic rings. The van der Waals surface area contributed by atoms with Crippen molar-refractivity contribution in [1.29, 1.82) is 0 Å². The van der Waals surface area contributed by atoms with Crippen LogP contribution in [0.5, 0.6) is 11.6 Å². The topological polar surface area (TPSA) is 56.6 Å². The van der Waals surface area contributed by atoms with Gasteiger partial charge in [-0.05, 0) is 80.8 Å². The first-order valence-corrected chi connectivity index (χ1v) is 12.9. The van der Waals surface area contributed by atoms with Crippen LogP contribution in [-0.2, 0) is 11.3 Å². The Morgan fingerprint density at radius 1 is 1.08 bits per heavy atom. The lowest BCUT2D eigenvalue weighted by Gasteiger charge is -2.26. The molecule has 1 saturated heterocycles. The average molecular weight is 516 g/mol. The van der Waals surface area contributed by atoms with E-state index in [9.17, 15) is 4.79 Å². The zero-order valence-corrected chi connectivity index (χ0v) is 21.8. The zero-order chi connectivity index (χ0) is 25.8. The van der Waals surface area contributed by atoms with Crippen molar-refractivity contribution in [2.24, 2.45) is 0 Å². The van der Waals surface area contributed by atoms with Crippen molar-refractivity contribution in [2.45, 2.75) is 39.3 Å². The van der Waals surface area contributed by atoms with Gasteiger partial charge in [-0.1, -0.05) is 41.9 Å².